The summed E-state index contributed by atoms with van der Waals surface area (Å²) in [5, 5.41) is 7.43. The van der Waals surface area contributed by atoms with Crippen LogP contribution < -0.4 is 15.5 Å². The SMILES string of the molecule is O=C(Nc1ccccc1Cl)Nc1cccc2c1CCN2Cc1ccnc2[nH]ccc12. The quantitative estimate of drug-likeness (QED) is 0.415. The van der Waals surface area contributed by atoms with Gasteiger partial charge >= 0.3 is 6.03 Å². The van der Waals surface area contributed by atoms with Crippen LogP contribution in [0.15, 0.2) is 67.0 Å². The number of hydrogen-bond acceptors (Lipinski definition) is 3. The number of nitrogens with zero attached hydrogens (tertiary/aromatic N) is 2. The topological polar surface area (TPSA) is 73.1 Å². The van der Waals surface area contributed by atoms with E-state index in [9.17, 15) is 4.79 Å². The van der Waals surface area contributed by atoms with Crippen LogP contribution in [-0.2, 0) is 13.0 Å². The second-order valence-corrected chi connectivity index (χ2v) is 7.65. The molecule has 0 saturated carbocycles. The summed E-state index contributed by atoms with van der Waals surface area (Å²) < 4.78 is 0. The Bertz CT molecular complexity index is 1240. The first-order valence-corrected chi connectivity index (χ1v) is 10.2. The number of benzene rings is 2. The maximum atomic E-state index is 12.5. The zero-order valence-corrected chi connectivity index (χ0v) is 16.9. The lowest BCUT2D eigenvalue weighted by Crippen LogP contribution is -2.20. The number of rotatable bonds is 4. The molecule has 0 atom stereocenters. The van der Waals surface area contributed by atoms with Crippen LogP contribution in [0.4, 0.5) is 21.9 Å². The zero-order chi connectivity index (χ0) is 20.5. The molecule has 3 heterocycles. The first-order valence-electron chi connectivity index (χ1n) is 9.79. The summed E-state index contributed by atoms with van der Waals surface area (Å²) in [5.41, 5.74) is 5.82. The van der Waals surface area contributed by atoms with E-state index in [0.717, 1.165) is 47.5 Å². The van der Waals surface area contributed by atoms with Crippen molar-refractivity contribution in [2.45, 2.75) is 13.0 Å². The Balaban J connectivity index is 1.35. The first-order chi connectivity index (χ1) is 14.7. The third-order valence-corrected chi connectivity index (χ3v) is 5.74. The lowest BCUT2D eigenvalue weighted by Gasteiger charge is -2.20. The van der Waals surface area contributed by atoms with Crippen molar-refractivity contribution >= 4 is 45.7 Å². The minimum absolute atomic E-state index is 0.307. The number of carbonyl (C=O) groups excluding carboxylic acids is 1. The maximum absolute atomic E-state index is 12.5. The van der Waals surface area contributed by atoms with E-state index < -0.39 is 0 Å². The summed E-state index contributed by atoms with van der Waals surface area (Å²) >= 11 is 6.14. The summed E-state index contributed by atoms with van der Waals surface area (Å²) in [5.74, 6) is 0. The Morgan fingerprint density at radius 3 is 2.80 bits per heavy atom. The molecule has 0 fully saturated rings. The molecule has 0 aliphatic carbocycles. The van der Waals surface area contributed by atoms with Gasteiger partial charge in [-0.25, -0.2) is 9.78 Å². The van der Waals surface area contributed by atoms with Gasteiger partial charge < -0.3 is 20.5 Å². The summed E-state index contributed by atoms with van der Waals surface area (Å²) in [6, 6.07) is 17.0. The summed E-state index contributed by atoms with van der Waals surface area (Å²) in [6.45, 7) is 1.69. The van der Waals surface area contributed by atoms with Gasteiger partial charge in [0.25, 0.3) is 0 Å². The minimum Gasteiger partial charge on any atom is -0.367 e. The van der Waals surface area contributed by atoms with Crippen LogP contribution in [0.2, 0.25) is 5.02 Å². The molecule has 2 aromatic heterocycles. The highest BCUT2D eigenvalue weighted by Gasteiger charge is 2.23. The van der Waals surface area contributed by atoms with E-state index in [1.807, 2.05) is 36.7 Å². The van der Waals surface area contributed by atoms with Gasteiger partial charge in [0.15, 0.2) is 0 Å². The molecular weight excluding hydrogens is 398 g/mol. The van der Waals surface area contributed by atoms with Gasteiger partial charge in [-0.15, -0.1) is 0 Å². The number of urea groups is 1. The molecule has 3 N–H and O–H groups in total. The van der Waals surface area contributed by atoms with E-state index in [2.05, 4.69) is 43.7 Å². The lowest BCUT2D eigenvalue weighted by atomic mass is 10.1. The summed E-state index contributed by atoms with van der Waals surface area (Å²) in [4.78, 5) is 22.4. The van der Waals surface area contributed by atoms with Crippen LogP contribution in [0.1, 0.15) is 11.1 Å². The van der Waals surface area contributed by atoms with Crippen molar-refractivity contribution in [1.29, 1.82) is 0 Å². The second-order valence-electron chi connectivity index (χ2n) is 7.24. The molecule has 1 aliphatic heterocycles. The number of hydrogen-bond donors (Lipinski definition) is 3. The van der Waals surface area contributed by atoms with E-state index >= 15 is 0 Å². The van der Waals surface area contributed by atoms with Crippen LogP contribution in [-0.4, -0.2) is 22.5 Å². The standard InChI is InChI=1S/C23H20ClN5O/c24-18-4-1-2-5-20(18)28-23(30)27-19-6-3-7-21-17(19)10-13-29(21)14-15-8-11-25-22-16(15)9-12-26-22/h1-9,11-12H,10,13-14H2,(H,25,26)(H2,27,28,30). The van der Waals surface area contributed by atoms with Crippen molar-refractivity contribution in [2.24, 2.45) is 0 Å². The Morgan fingerprint density at radius 1 is 1.07 bits per heavy atom. The fourth-order valence-electron chi connectivity index (χ4n) is 3.98. The Labute approximate surface area is 178 Å². The van der Waals surface area contributed by atoms with Gasteiger partial charge in [0.1, 0.15) is 5.65 Å². The van der Waals surface area contributed by atoms with Crippen LogP contribution in [0.25, 0.3) is 11.0 Å². The van der Waals surface area contributed by atoms with Crippen LogP contribution >= 0.6 is 11.6 Å². The van der Waals surface area contributed by atoms with Crippen molar-refractivity contribution in [3.05, 3.63) is 83.1 Å². The molecule has 4 aromatic rings. The van der Waals surface area contributed by atoms with Crippen molar-refractivity contribution in [2.75, 3.05) is 22.1 Å². The van der Waals surface area contributed by atoms with E-state index in [1.54, 1.807) is 12.1 Å². The van der Waals surface area contributed by atoms with Crippen LogP contribution in [0, 0.1) is 0 Å². The Morgan fingerprint density at radius 2 is 1.90 bits per heavy atom. The van der Waals surface area contributed by atoms with Gasteiger partial charge in [-0.2, -0.15) is 0 Å². The highest BCUT2D eigenvalue weighted by atomic mass is 35.5. The fraction of sp³-hybridized carbons (Fsp3) is 0.130. The third kappa shape index (κ3) is 3.46. The predicted octanol–water partition coefficient (Wildman–Crippen LogP) is 5.42. The number of H-pyrrole nitrogens is 1. The molecule has 1 aliphatic rings. The molecule has 0 unspecified atom stereocenters. The highest BCUT2D eigenvalue weighted by molar-refractivity contribution is 6.33. The van der Waals surface area contributed by atoms with Gasteiger partial charge in [0.2, 0.25) is 0 Å². The smallest absolute Gasteiger partial charge is 0.323 e. The Kier molecular flexibility index (Phi) is 4.77. The van der Waals surface area contributed by atoms with Gasteiger partial charge in [0, 0.05) is 47.8 Å². The third-order valence-electron chi connectivity index (χ3n) is 5.41. The number of carbonyl (C=O) groups is 1. The van der Waals surface area contributed by atoms with E-state index in [4.69, 9.17) is 11.6 Å². The summed E-state index contributed by atoms with van der Waals surface area (Å²) in [6.07, 6.45) is 4.63. The molecule has 0 radical (unpaired) electrons. The molecule has 5 rings (SSSR count). The molecule has 150 valence electrons. The molecule has 0 bridgehead atoms. The number of aromatic amines is 1. The number of aromatic nitrogens is 2. The average molecular weight is 418 g/mol. The number of halogens is 1. The molecule has 2 aromatic carbocycles. The number of fused-ring (bicyclic) bond motifs is 2. The van der Waals surface area contributed by atoms with Gasteiger partial charge in [-0.1, -0.05) is 29.8 Å². The van der Waals surface area contributed by atoms with Gasteiger partial charge in [0.05, 0.1) is 10.7 Å². The van der Waals surface area contributed by atoms with Crippen LogP contribution in [0.3, 0.4) is 0 Å². The molecule has 0 spiro atoms. The number of pyridine rings is 1. The number of anilines is 3. The predicted molar refractivity (Wildman–Crippen MR) is 121 cm³/mol. The number of para-hydroxylation sites is 1. The van der Waals surface area contributed by atoms with E-state index in [1.165, 1.54) is 5.56 Å². The highest BCUT2D eigenvalue weighted by Crippen LogP contribution is 2.35. The molecule has 30 heavy (non-hydrogen) atoms. The van der Waals surface area contributed by atoms with Crippen molar-refractivity contribution in [3.63, 3.8) is 0 Å². The maximum Gasteiger partial charge on any atom is 0.323 e. The monoisotopic (exact) mass is 417 g/mol. The number of amides is 2. The average Bonchev–Trinajstić information content (AvgIpc) is 3.38. The molecule has 2 amide bonds. The first kappa shape index (κ1) is 18.5. The van der Waals surface area contributed by atoms with E-state index in [0.29, 0.717) is 10.7 Å². The number of nitrogens with one attached hydrogen (secondary N) is 3. The normalized spacial score (nSPS) is 12.8. The van der Waals surface area contributed by atoms with Crippen LogP contribution in [0.5, 0.6) is 0 Å². The zero-order valence-electron chi connectivity index (χ0n) is 16.2. The molecule has 0 saturated heterocycles. The van der Waals surface area contributed by atoms with Crippen molar-refractivity contribution in [1.82, 2.24) is 9.97 Å². The molecule has 6 nitrogen and oxygen atoms in total. The largest absolute Gasteiger partial charge is 0.367 e. The lowest BCUT2D eigenvalue weighted by molar-refractivity contribution is 0.262. The second kappa shape index (κ2) is 7.72. The fourth-order valence-corrected chi connectivity index (χ4v) is 4.17. The van der Waals surface area contributed by atoms with E-state index in [-0.39, 0.29) is 6.03 Å². The van der Waals surface area contributed by atoms with Gasteiger partial charge in [-0.3, -0.25) is 0 Å². The van der Waals surface area contributed by atoms with Crippen molar-refractivity contribution < 1.29 is 4.79 Å². The summed E-state index contributed by atoms with van der Waals surface area (Å²) in [7, 11) is 0. The molecule has 7 heteroatoms. The minimum atomic E-state index is -0.307. The van der Waals surface area contributed by atoms with Crippen molar-refractivity contribution in [3.8, 4) is 0 Å². The molecular formula is C23H20ClN5O. The van der Waals surface area contributed by atoms with Gasteiger partial charge in [-0.05, 0) is 48.4 Å². The Hall–Kier alpha value is -3.51.